The van der Waals surface area contributed by atoms with Crippen LogP contribution in [-0.2, 0) is 0 Å². The van der Waals surface area contributed by atoms with Gasteiger partial charge in [-0.25, -0.2) is 4.98 Å². The molecule has 0 aromatic carbocycles. The van der Waals surface area contributed by atoms with Gasteiger partial charge in [0.05, 0.1) is 0 Å². The van der Waals surface area contributed by atoms with E-state index in [2.05, 4.69) is 34.4 Å². The van der Waals surface area contributed by atoms with Crippen LogP contribution < -0.4 is 10.6 Å². The van der Waals surface area contributed by atoms with Gasteiger partial charge in [0.25, 0.3) is 0 Å². The Kier molecular flexibility index (Phi) is 5.73. The van der Waals surface area contributed by atoms with Gasteiger partial charge in [0.2, 0.25) is 5.95 Å². The molecule has 0 saturated heterocycles. The number of nitrogens with one attached hydrogen (secondary N) is 2. The van der Waals surface area contributed by atoms with Crippen LogP contribution in [0.4, 0.5) is 11.8 Å². The van der Waals surface area contributed by atoms with Crippen LogP contribution in [0.2, 0.25) is 0 Å². The van der Waals surface area contributed by atoms with Crippen molar-refractivity contribution in [3.05, 3.63) is 11.8 Å². The molecule has 0 amide bonds. The Hall–Kier alpha value is -1.32. The van der Waals surface area contributed by atoms with Crippen LogP contribution in [0, 0.1) is 12.8 Å². The molecule has 0 bridgehead atoms. The molecule has 1 aromatic heterocycles. The summed E-state index contributed by atoms with van der Waals surface area (Å²) in [7, 11) is 0. The molecule has 1 rings (SSSR count). The van der Waals surface area contributed by atoms with Crippen LogP contribution in [0.5, 0.6) is 0 Å². The van der Waals surface area contributed by atoms with E-state index in [0.29, 0.717) is 11.9 Å². The fraction of sp³-hybridized carbons (Fsp3) is 0.692. The van der Waals surface area contributed by atoms with Gasteiger partial charge >= 0.3 is 0 Å². The van der Waals surface area contributed by atoms with Crippen molar-refractivity contribution in [1.82, 2.24) is 9.97 Å². The van der Waals surface area contributed by atoms with Crippen LogP contribution in [-0.4, -0.2) is 23.1 Å². The summed E-state index contributed by atoms with van der Waals surface area (Å²) in [6.07, 6.45) is 2.40. The van der Waals surface area contributed by atoms with Crippen LogP contribution >= 0.6 is 0 Å². The van der Waals surface area contributed by atoms with Gasteiger partial charge in [-0.3, -0.25) is 0 Å². The third-order valence-electron chi connectivity index (χ3n) is 2.92. The minimum Gasteiger partial charge on any atom is -0.370 e. The molecular weight excluding hydrogens is 212 g/mol. The number of aromatic nitrogens is 2. The van der Waals surface area contributed by atoms with Gasteiger partial charge in [-0.15, -0.1) is 0 Å². The van der Waals surface area contributed by atoms with E-state index in [1.165, 1.54) is 12.8 Å². The summed E-state index contributed by atoms with van der Waals surface area (Å²) in [5.74, 6) is 2.34. The molecule has 4 heteroatoms. The monoisotopic (exact) mass is 236 g/mol. The maximum atomic E-state index is 4.43. The Balaban J connectivity index is 2.63. The van der Waals surface area contributed by atoms with E-state index in [1.807, 2.05) is 19.9 Å². The van der Waals surface area contributed by atoms with Crippen LogP contribution in [0.25, 0.3) is 0 Å². The summed E-state index contributed by atoms with van der Waals surface area (Å²) in [6, 6.07) is 1.99. The Morgan fingerprint density at radius 3 is 2.41 bits per heavy atom. The van der Waals surface area contributed by atoms with Crippen LogP contribution in [0.15, 0.2) is 6.07 Å². The molecule has 0 aliphatic carbocycles. The zero-order valence-corrected chi connectivity index (χ0v) is 11.4. The second-order valence-electron chi connectivity index (χ2n) is 4.31. The Morgan fingerprint density at radius 2 is 1.82 bits per heavy atom. The molecule has 0 aliphatic heterocycles. The van der Waals surface area contributed by atoms with Crippen molar-refractivity contribution in [2.45, 2.75) is 40.5 Å². The molecule has 0 fully saturated rings. The minimum absolute atomic E-state index is 0.708. The van der Waals surface area contributed by atoms with E-state index < -0.39 is 0 Å². The average molecular weight is 236 g/mol. The number of aryl methyl sites for hydroxylation is 1. The van der Waals surface area contributed by atoms with Crippen molar-refractivity contribution in [3.63, 3.8) is 0 Å². The fourth-order valence-electron chi connectivity index (χ4n) is 1.72. The zero-order valence-electron chi connectivity index (χ0n) is 11.4. The summed E-state index contributed by atoms with van der Waals surface area (Å²) in [4.78, 5) is 8.76. The average Bonchev–Trinajstić information content (AvgIpc) is 2.30. The van der Waals surface area contributed by atoms with E-state index in [1.54, 1.807) is 0 Å². The van der Waals surface area contributed by atoms with E-state index in [4.69, 9.17) is 0 Å². The maximum absolute atomic E-state index is 4.43. The second-order valence-corrected chi connectivity index (χ2v) is 4.31. The fourth-order valence-corrected chi connectivity index (χ4v) is 1.72. The Labute approximate surface area is 104 Å². The highest BCUT2D eigenvalue weighted by molar-refractivity contribution is 5.42. The zero-order chi connectivity index (χ0) is 12.7. The van der Waals surface area contributed by atoms with Gasteiger partial charge in [-0.2, -0.15) is 4.98 Å². The summed E-state index contributed by atoms with van der Waals surface area (Å²) in [5, 5.41) is 6.54. The normalized spacial score (nSPS) is 10.6. The summed E-state index contributed by atoms with van der Waals surface area (Å²) < 4.78 is 0. The number of hydrogen-bond acceptors (Lipinski definition) is 4. The standard InChI is InChI=1S/C13H24N4/c1-5-11(6-2)9-15-12-8-10(4)16-13(17-12)14-7-3/h8,11H,5-7,9H2,1-4H3,(H2,14,15,16,17). The quantitative estimate of drug-likeness (QED) is 0.764. The van der Waals surface area contributed by atoms with Gasteiger partial charge in [0.1, 0.15) is 5.82 Å². The van der Waals surface area contributed by atoms with Gasteiger partial charge in [0.15, 0.2) is 0 Å². The van der Waals surface area contributed by atoms with E-state index in [0.717, 1.165) is 24.6 Å². The molecule has 0 aliphatic rings. The van der Waals surface area contributed by atoms with Crippen molar-refractivity contribution in [2.24, 2.45) is 5.92 Å². The van der Waals surface area contributed by atoms with Crippen LogP contribution in [0.1, 0.15) is 39.3 Å². The molecule has 0 unspecified atom stereocenters. The first-order valence-corrected chi connectivity index (χ1v) is 6.52. The maximum Gasteiger partial charge on any atom is 0.224 e. The van der Waals surface area contributed by atoms with E-state index in [9.17, 15) is 0 Å². The lowest BCUT2D eigenvalue weighted by molar-refractivity contribution is 0.518. The van der Waals surface area contributed by atoms with E-state index in [-0.39, 0.29) is 0 Å². The highest BCUT2D eigenvalue weighted by Crippen LogP contribution is 2.12. The predicted octanol–water partition coefficient (Wildman–Crippen LogP) is 3.06. The first-order valence-electron chi connectivity index (χ1n) is 6.52. The van der Waals surface area contributed by atoms with Crippen molar-refractivity contribution in [2.75, 3.05) is 23.7 Å². The largest absolute Gasteiger partial charge is 0.370 e. The third kappa shape index (κ3) is 4.59. The summed E-state index contributed by atoms with van der Waals surface area (Å²) in [6.45, 7) is 10.3. The number of hydrogen-bond donors (Lipinski definition) is 2. The SMILES string of the molecule is CCNc1nc(C)cc(NCC(CC)CC)n1. The summed E-state index contributed by atoms with van der Waals surface area (Å²) >= 11 is 0. The molecule has 2 N–H and O–H groups in total. The molecule has 0 saturated carbocycles. The predicted molar refractivity (Wildman–Crippen MR) is 73.5 cm³/mol. The number of nitrogens with zero attached hydrogens (tertiary/aromatic N) is 2. The number of rotatable bonds is 7. The highest BCUT2D eigenvalue weighted by Gasteiger charge is 2.05. The van der Waals surface area contributed by atoms with Crippen molar-refractivity contribution in [1.29, 1.82) is 0 Å². The third-order valence-corrected chi connectivity index (χ3v) is 2.92. The van der Waals surface area contributed by atoms with E-state index >= 15 is 0 Å². The highest BCUT2D eigenvalue weighted by atomic mass is 15.1. The first kappa shape index (κ1) is 13.7. The number of anilines is 2. The molecule has 0 radical (unpaired) electrons. The lowest BCUT2D eigenvalue weighted by atomic mass is 10.0. The molecule has 1 heterocycles. The smallest absolute Gasteiger partial charge is 0.224 e. The molecule has 17 heavy (non-hydrogen) atoms. The topological polar surface area (TPSA) is 49.8 Å². The lowest BCUT2D eigenvalue weighted by Gasteiger charge is -2.14. The lowest BCUT2D eigenvalue weighted by Crippen LogP contribution is -2.14. The Bertz CT molecular complexity index is 334. The van der Waals surface area contributed by atoms with Crippen molar-refractivity contribution >= 4 is 11.8 Å². The molecule has 1 aromatic rings. The molecule has 4 nitrogen and oxygen atoms in total. The van der Waals surface area contributed by atoms with Crippen molar-refractivity contribution < 1.29 is 0 Å². The van der Waals surface area contributed by atoms with Crippen molar-refractivity contribution in [3.8, 4) is 0 Å². The molecule has 96 valence electrons. The Morgan fingerprint density at radius 1 is 1.12 bits per heavy atom. The molecular formula is C13H24N4. The summed E-state index contributed by atoms with van der Waals surface area (Å²) in [5.41, 5.74) is 0.989. The molecule has 0 atom stereocenters. The second kappa shape index (κ2) is 7.09. The first-order chi connectivity index (χ1) is 8.19. The van der Waals surface area contributed by atoms with Gasteiger partial charge < -0.3 is 10.6 Å². The van der Waals surface area contributed by atoms with Gasteiger partial charge in [-0.1, -0.05) is 26.7 Å². The van der Waals surface area contributed by atoms with Gasteiger partial charge in [0, 0.05) is 24.8 Å². The molecule has 0 spiro atoms. The minimum atomic E-state index is 0.708. The van der Waals surface area contributed by atoms with Crippen LogP contribution in [0.3, 0.4) is 0 Å². The van der Waals surface area contributed by atoms with Gasteiger partial charge in [-0.05, 0) is 19.8 Å².